The Labute approximate surface area is 116 Å². The van der Waals surface area contributed by atoms with Crippen LogP contribution in [0.1, 0.15) is 43.7 Å². The molecule has 1 aromatic carbocycles. The summed E-state index contributed by atoms with van der Waals surface area (Å²) in [6.07, 6.45) is 5.41. The van der Waals surface area contributed by atoms with E-state index < -0.39 is 17.8 Å². The minimum Gasteiger partial charge on any atom is -0.480 e. The van der Waals surface area contributed by atoms with Crippen LogP contribution in [-0.4, -0.2) is 17.1 Å². The Morgan fingerprint density at radius 2 is 2.05 bits per heavy atom. The fourth-order valence-electron chi connectivity index (χ4n) is 2.51. The van der Waals surface area contributed by atoms with Gasteiger partial charge in [0.1, 0.15) is 11.9 Å². The maximum Gasteiger partial charge on any atom is 0.325 e. The van der Waals surface area contributed by atoms with Crippen molar-refractivity contribution in [2.75, 3.05) is 0 Å². The molecule has 1 fully saturated rings. The second-order valence-electron chi connectivity index (χ2n) is 4.95. The van der Waals surface area contributed by atoms with Gasteiger partial charge >= 0.3 is 5.97 Å². The van der Waals surface area contributed by atoms with E-state index in [2.05, 4.69) is 5.32 Å². The molecule has 1 aliphatic rings. The Kier molecular flexibility index (Phi) is 4.77. The van der Waals surface area contributed by atoms with Crippen molar-refractivity contribution in [3.63, 3.8) is 0 Å². The van der Waals surface area contributed by atoms with E-state index in [0.717, 1.165) is 25.7 Å². The van der Waals surface area contributed by atoms with Crippen LogP contribution < -0.4 is 5.32 Å². The first-order valence-corrected chi connectivity index (χ1v) is 6.89. The SMILES string of the molecule is O=C(O)C(NC1CCCCC1)c1ccc(F)c(Cl)c1. The molecule has 104 valence electrons. The van der Waals surface area contributed by atoms with Crippen molar-refractivity contribution in [3.8, 4) is 0 Å². The average Bonchev–Trinajstić information content (AvgIpc) is 2.40. The standard InChI is InChI=1S/C14H17ClFNO2/c15-11-8-9(6-7-12(11)16)13(14(18)19)17-10-4-2-1-3-5-10/h6-8,10,13,17H,1-5H2,(H,18,19). The highest BCUT2D eigenvalue weighted by molar-refractivity contribution is 6.30. The molecule has 1 unspecified atom stereocenters. The number of nitrogens with one attached hydrogen (secondary N) is 1. The van der Waals surface area contributed by atoms with Crippen LogP contribution in [0.2, 0.25) is 5.02 Å². The lowest BCUT2D eigenvalue weighted by Crippen LogP contribution is -2.38. The first-order valence-electron chi connectivity index (χ1n) is 6.51. The third-order valence-corrected chi connectivity index (χ3v) is 3.82. The molecule has 1 saturated carbocycles. The van der Waals surface area contributed by atoms with Gasteiger partial charge in [0.2, 0.25) is 0 Å². The number of halogens is 2. The summed E-state index contributed by atoms with van der Waals surface area (Å²) in [5.41, 5.74) is 0.490. The van der Waals surface area contributed by atoms with Gasteiger partial charge in [-0.15, -0.1) is 0 Å². The molecule has 0 aromatic heterocycles. The van der Waals surface area contributed by atoms with Crippen molar-refractivity contribution in [1.29, 1.82) is 0 Å². The lowest BCUT2D eigenvalue weighted by atomic mass is 9.94. The fraction of sp³-hybridized carbons (Fsp3) is 0.500. The summed E-state index contributed by atoms with van der Waals surface area (Å²) >= 11 is 5.71. The summed E-state index contributed by atoms with van der Waals surface area (Å²) in [5.74, 6) is -1.50. The van der Waals surface area contributed by atoms with Gasteiger partial charge in [-0.1, -0.05) is 36.9 Å². The Morgan fingerprint density at radius 3 is 2.63 bits per heavy atom. The van der Waals surface area contributed by atoms with Gasteiger partial charge in [0.05, 0.1) is 5.02 Å². The van der Waals surface area contributed by atoms with Crippen LogP contribution in [0.3, 0.4) is 0 Å². The number of carboxylic acid groups (broad SMARTS) is 1. The molecule has 1 aromatic rings. The van der Waals surface area contributed by atoms with Gasteiger partial charge in [0.15, 0.2) is 0 Å². The molecule has 5 heteroatoms. The molecule has 0 spiro atoms. The zero-order chi connectivity index (χ0) is 13.8. The van der Waals surface area contributed by atoms with Crippen LogP contribution in [0.15, 0.2) is 18.2 Å². The van der Waals surface area contributed by atoms with Crippen molar-refractivity contribution in [2.24, 2.45) is 0 Å². The predicted molar refractivity (Wildman–Crippen MR) is 71.8 cm³/mol. The first kappa shape index (κ1) is 14.3. The van der Waals surface area contributed by atoms with Gasteiger partial charge in [0.25, 0.3) is 0 Å². The first-order chi connectivity index (χ1) is 9.08. The third-order valence-electron chi connectivity index (χ3n) is 3.53. The number of carbonyl (C=O) groups is 1. The van der Waals surface area contributed by atoms with Gasteiger partial charge < -0.3 is 5.11 Å². The number of rotatable bonds is 4. The van der Waals surface area contributed by atoms with E-state index in [4.69, 9.17) is 11.6 Å². The molecule has 0 bridgehead atoms. The highest BCUT2D eigenvalue weighted by Crippen LogP contribution is 2.24. The quantitative estimate of drug-likeness (QED) is 0.890. The number of hydrogen-bond acceptors (Lipinski definition) is 2. The van der Waals surface area contributed by atoms with E-state index in [9.17, 15) is 14.3 Å². The number of aliphatic carboxylic acids is 1. The Morgan fingerprint density at radius 1 is 1.37 bits per heavy atom. The number of benzene rings is 1. The summed E-state index contributed by atoms with van der Waals surface area (Å²) in [5, 5.41) is 12.4. The molecule has 19 heavy (non-hydrogen) atoms. The molecule has 0 aliphatic heterocycles. The largest absolute Gasteiger partial charge is 0.480 e. The van der Waals surface area contributed by atoms with Crippen LogP contribution in [0.25, 0.3) is 0 Å². The highest BCUT2D eigenvalue weighted by atomic mass is 35.5. The Hall–Kier alpha value is -1.13. The third kappa shape index (κ3) is 3.67. The molecule has 1 atom stereocenters. The zero-order valence-electron chi connectivity index (χ0n) is 10.5. The summed E-state index contributed by atoms with van der Waals surface area (Å²) in [7, 11) is 0. The second-order valence-corrected chi connectivity index (χ2v) is 5.35. The Bertz CT molecular complexity index is 461. The fourth-order valence-corrected chi connectivity index (χ4v) is 2.70. The number of hydrogen-bond donors (Lipinski definition) is 2. The van der Waals surface area contributed by atoms with Crippen LogP contribution in [0.5, 0.6) is 0 Å². The van der Waals surface area contributed by atoms with E-state index in [-0.39, 0.29) is 11.1 Å². The van der Waals surface area contributed by atoms with E-state index in [0.29, 0.717) is 5.56 Å². The molecule has 0 amide bonds. The van der Waals surface area contributed by atoms with Crippen molar-refractivity contribution < 1.29 is 14.3 Å². The summed E-state index contributed by atoms with van der Waals surface area (Å²) in [6, 6.07) is 3.43. The zero-order valence-corrected chi connectivity index (χ0v) is 11.3. The molecular weight excluding hydrogens is 269 g/mol. The van der Waals surface area contributed by atoms with Crippen molar-refractivity contribution >= 4 is 17.6 Å². The maximum atomic E-state index is 13.1. The van der Waals surface area contributed by atoms with E-state index >= 15 is 0 Å². The lowest BCUT2D eigenvalue weighted by Gasteiger charge is -2.26. The average molecular weight is 286 g/mol. The molecule has 1 aliphatic carbocycles. The van der Waals surface area contributed by atoms with Crippen LogP contribution >= 0.6 is 11.6 Å². The summed E-state index contributed by atoms with van der Waals surface area (Å²) in [6.45, 7) is 0. The van der Waals surface area contributed by atoms with Crippen molar-refractivity contribution in [1.82, 2.24) is 5.32 Å². The van der Waals surface area contributed by atoms with Gasteiger partial charge in [0, 0.05) is 6.04 Å². The van der Waals surface area contributed by atoms with Crippen LogP contribution in [-0.2, 0) is 4.79 Å². The molecule has 2 N–H and O–H groups in total. The minimum absolute atomic E-state index is 0.0470. The molecule has 0 heterocycles. The van der Waals surface area contributed by atoms with E-state index in [1.165, 1.54) is 24.6 Å². The Balaban J connectivity index is 2.14. The lowest BCUT2D eigenvalue weighted by molar-refractivity contribution is -0.140. The monoisotopic (exact) mass is 285 g/mol. The van der Waals surface area contributed by atoms with Gasteiger partial charge in [-0.3, -0.25) is 10.1 Å². The van der Waals surface area contributed by atoms with Gasteiger partial charge in [-0.25, -0.2) is 4.39 Å². The normalized spacial score (nSPS) is 18.2. The molecule has 0 radical (unpaired) electrons. The summed E-state index contributed by atoms with van der Waals surface area (Å²) < 4.78 is 13.1. The van der Waals surface area contributed by atoms with Gasteiger partial charge in [-0.05, 0) is 30.5 Å². The smallest absolute Gasteiger partial charge is 0.325 e. The topological polar surface area (TPSA) is 49.3 Å². The molecule has 0 saturated heterocycles. The predicted octanol–water partition coefficient (Wildman–Crippen LogP) is 3.53. The van der Waals surface area contributed by atoms with Crippen LogP contribution in [0, 0.1) is 5.82 Å². The second kappa shape index (κ2) is 6.35. The van der Waals surface area contributed by atoms with E-state index in [1.807, 2.05) is 0 Å². The van der Waals surface area contributed by atoms with Crippen molar-refractivity contribution in [3.05, 3.63) is 34.6 Å². The molecular formula is C14H17ClFNO2. The van der Waals surface area contributed by atoms with E-state index in [1.54, 1.807) is 0 Å². The maximum absolute atomic E-state index is 13.1. The number of carboxylic acids is 1. The van der Waals surface area contributed by atoms with Crippen molar-refractivity contribution in [2.45, 2.75) is 44.2 Å². The summed E-state index contributed by atoms with van der Waals surface area (Å²) in [4.78, 5) is 11.4. The molecule has 2 rings (SSSR count). The van der Waals surface area contributed by atoms with Gasteiger partial charge in [-0.2, -0.15) is 0 Å². The molecule has 3 nitrogen and oxygen atoms in total. The minimum atomic E-state index is -0.965. The highest BCUT2D eigenvalue weighted by Gasteiger charge is 2.25. The van der Waals surface area contributed by atoms with Crippen LogP contribution in [0.4, 0.5) is 4.39 Å².